The van der Waals surface area contributed by atoms with Gasteiger partial charge in [-0.15, -0.1) is 10.2 Å². The Hall–Kier alpha value is -2.52. The zero-order chi connectivity index (χ0) is 18.8. The van der Waals surface area contributed by atoms with Crippen LogP contribution in [0.5, 0.6) is 5.75 Å². The van der Waals surface area contributed by atoms with E-state index in [0.717, 1.165) is 43.2 Å². The molecule has 1 saturated heterocycles. The average molecular weight is 385 g/mol. The molecule has 9 heteroatoms. The van der Waals surface area contributed by atoms with Crippen LogP contribution >= 0.6 is 12.2 Å². The van der Waals surface area contributed by atoms with E-state index in [4.69, 9.17) is 17.0 Å². The molecule has 0 bridgehead atoms. The van der Waals surface area contributed by atoms with Gasteiger partial charge in [0, 0.05) is 26.1 Å². The summed E-state index contributed by atoms with van der Waals surface area (Å²) in [5.74, 6) is 2.32. The fourth-order valence-corrected chi connectivity index (χ4v) is 3.86. The first kappa shape index (κ1) is 17.9. The molecule has 1 fully saturated rings. The summed E-state index contributed by atoms with van der Waals surface area (Å²) in [5, 5.41) is 12.8. The van der Waals surface area contributed by atoms with Crippen molar-refractivity contribution >= 4 is 12.2 Å². The molecule has 0 N–H and O–H groups in total. The zero-order valence-electron chi connectivity index (χ0n) is 15.5. The Morgan fingerprint density at radius 3 is 2.67 bits per heavy atom. The van der Waals surface area contributed by atoms with Crippen LogP contribution in [0.25, 0.3) is 5.69 Å². The number of benzene rings is 1. The number of para-hydroxylation sites is 2. The van der Waals surface area contributed by atoms with Crippen molar-refractivity contribution < 1.29 is 4.74 Å². The van der Waals surface area contributed by atoms with Crippen LogP contribution in [-0.2, 0) is 13.7 Å². The van der Waals surface area contributed by atoms with Crippen LogP contribution in [0.15, 0.2) is 36.9 Å². The largest absolute Gasteiger partial charge is 0.495 e. The van der Waals surface area contributed by atoms with Crippen molar-refractivity contribution in [3.8, 4) is 11.4 Å². The molecule has 0 atom stereocenters. The second-order valence-electron chi connectivity index (χ2n) is 6.79. The smallest absolute Gasteiger partial charge is 0.203 e. The molecular formula is C18H23N7OS. The SMILES string of the molecule is COc1ccccc1-n1cnn(CN2CCC(c3nncn3C)CC2)c1=S. The van der Waals surface area contributed by atoms with Gasteiger partial charge in [0.1, 0.15) is 24.2 Å². The molecule has 0 radical (unpaired) electrons. The molecule has 0 unspecified atom stereocenters. The second kappa shape index (κ2) is 7.61. The predicted molar refractivity (Wildman–Crippen MR) is 103 cm³/mol. The number of hydrogen-bond donors (Lipinski definition) is 0. The van der Waals surface area contributed by atoms with Gasteiger partial charge in [-0.3, -0.25) is 9.47 Å². The Kier molecular flexibility index (Phi) is 5.04. The van der Waals surface area contributed by atoms with Gasteiger partial charge < -0.3 is 9.30 Å². The van der Waals surface area contributed by atoms with E-state index < -0.39 is 0 Å². The maximum absolute atomic E-state index is 5.65. The van der Waals surface area contributed by atoms with Gasteiger partial charge in [-0.1, -0.05) is 12.1 Å². The molecule has 0 amide bonds. The van der Waals surface area contributed by atoms with Gasteiger partial charge in [-0.05, 0) is 37.2 Å². The molecule has 2 aromatic heterocycles. The van der Waals surface area contributed by atoms with Gasteiger partial charge in [0.2, 0.25) is 4.77 Å². The van der Waals surface area contributed by atoms with Crippen molar-refractivity contribution in [2.45, 2.75) is 25.4 Å². The third-order valence-corrected chi connectivity index (χ3v) is 5.52. The van der Waals surface area contributed by atoms with Crippen LogP contribution in [0.4, 0.5) is 0 Å². The zero-order valence-corrected chi connectivity index (χ0v) is 16.3. The van der Waals surface area contributed by atoms with Gasteiger partial charge in [-0.2, -0.15) is 5.10 Å². The van der Waals surface area contributed by atoms with E-state index in [0.29, 0.717) is 17.4 Å². The Morgan fingerprint density at radius 2 is 1.96 bits per heavy atom. The lowest BCUT2D eigenvalue weighted by molar-refractivity contribution is 0.157. The van der Waals surface area contributed by atoms with Crippen molar-refractivity contribution in [3.05, 3.63) is 47.5 Å². The molecule has 0 spiro atoms. The maximum Gasteiger partial charge on any atom is 0.203 e. The molecule has 1 aliphatic heterocycles. The number of hydrogen-bond acceptors (Lipinski definition) is 6. The quantitative estimate of drug-likeness (QED) is 0.628. The normalized spacial score (nSPS) is 15.9. The number of nitrogens with zero attached hydrogens (tertiary/aromatic N) is 7. The van der Waals surface area contributed by atoms with Crippen molar-refractivity contribution in [1.29, 1.82) is 0 Å². The lowest BCUT2D eigenvalue weighted by Crippen LogP contribution is -2.35. The van der Waals surface area contributed by atoms with Crippen molar-refractivity contribution in [2.75, 3.05) is 20.2 Å². The maximum atomic E-state index is 5.65. The van der Waals surface area contributed by atoms with Gasteiger partial charge in [0.15, 0.2) is 0 Å². The van der Waals surface area contributed by atoms with Gasteiger partial charge in [0.25, 0.3) is 0 Å². The third-order valence-electron chi connectivity index (χ3n) is 5.11. The molecule has 27 heavy (non-hydrogen) atoms. The molecule has 8 nitrogen and oxygen atoms in total. The molecular weight excluding hydrogens is 362 g/mol. The Balaban J connectivity index is 1.45. The minimum atomic E-state index is 0.466. The van der Waals surface area contributed by atoms with Crippen molar-refractivity contribution in [3.63, 3.8) is 0 Å². The molecule has 3 heterocycles. The summed E-state index contributed by atoms with van der Waals surface area (Å²) in [7, 11) is 3.67. The van der Waals surface area contributed by atoms with Gasteiger partial charge in [-0.25, -0.2) is 4.68 Å². The monoisotopic (exact) mass is 385 g/mol. The van der Waals surface area contributed by atoms with Gasteiger partial charge >= 0.3 is 0 Å². The molecule has 1 aliphatic rings. The predicted octanol–water partition coefficient (Wildman–Crippen LogP) is 2.38. The summed E-state index contributed by atoms with van der Waals surface area (Å²) in [6.45, 7) is 2.66. The van der Waals surface area contributed by atoms with Crippen LogP contribution in [0, 0.1) is 4.77 Å². The van der Waals surface area contributed by atoms with E-state index in [-0.39, 0.29) is 0 Å². The van der Waals surface area contributed by atoms with E-state index in [2.05, 4.69) is 20.2 Å². The summed E-state index contributed by atoms with van der Waals surface area (Å²) in [5.41, 5.74) is 0.900. The highest BCUT2D eigenvalue weighted by Gasteiger charge is 2.24. The standard InChI is InChI=1S/C18H23N7OS/c1-22-11-19-21-17(22)14-7-9-23(10-8-14)13-25-18(27)24(12-20-25)15-5-3-4-6-16(15)26-2/h3-6,11-12,14H,7-10,13H2,1-2H3. The first-order valence-corrected chi connectivity index (χ1v) is 9.42. The lowest BCUT2D eigenvalue weighted by Gasteiger charge is -2.30. The number of aromatic nitrogens is 6. The fourth-order valence-electron chi connectivity index (χ4n) is 3.61. The summed E-state index contributed by atoms with van der Waals surface area (Å²) in [4.78, 5) is 2.38. The molecule has 0 saturated carbocycles. The average Bonchev–Trinajstić information content (AvgIpc) is 3.28. The van der Waals surface area contributed by atoms with Crippen LogP contribution in [0.3, 0.4) is 0 Å². The molecule has 0 aliphatic carbocycles. The summed E-state index contributed by atoms with van der Waals surface area (Å²) < 4.78 is 11.9. The number of likely N-dealkylation sites (tertiary alicyclic amines) is 1. The van der Waals surface area contributed by atoms with Crippen LogP contribution in [0.1, 0.15) is 24.6 Å². The molecule has 4 rings (SSSR count). The Morgan fingerprint density at radius 1 is 1.19 bits per heavy atom. The van der Waals surface area contributed by atoms with E-state index in [9.17, 15) is 0 Å². The third kappa shape index (κ3) is 3.52. The minimum Gasteiger partial charge on any atom is -0.495 e. The number of methoxy groups -OCH3 is 1. The van der Waals surface area contributed by atoms with E-state index in [1.54, 1.807) is 19.8 Å². The second-order valence-corrected chi connectivity index (χ2v) is 7.15. The highest BCUT2D eigenvalue weighted by atomic mass is 32.1. The van der Waals surface area contributed by atoms with Crippen LogP contribution < -0.4 is 4.74 Å². The van der Waals surface area contributed by atoms with Gasteiger partial charge in [0.05, 0.1) is 19.5 Å². The molecule has 142 valence electrons. The van der Waals surface area contributed by atoms with E-state index in [1.807, 2.05) is 45.1 Å². The summed E-state index contributed by atoms with van der Waals surface area (Å²) in [6.07, 6.45) is 5.65. The highest BCUT2D eigenvalue weighted by molar-refractivity contribution is 7.71. The topological polar surface area (TPSA) is 65.9 Å². The number of rotatable bonds is 5. The number of ether oxygens (including phenoxy) is 1. The van der Waals surface area contributed by atoms with Crippen LogP contribution in [0.2, 0.25) is 0 Å². The molecule has 1 aromatic carbocycles. The summed E-state index contributed by atoms with van der Waals surface area (Å²) in [6, 6.07) is 7.81. The first-order valence-electron chi connectivity index (χ1n) is 9.01. The summed E-state index contributed by atoms with van der Waals surface area (Å²) >= 11 is 5.65. The van der Waals surface area contributed by atoms with Crippen molar-refractivity contribution in [2.24, 2.45) is 7.05 Å². The first-order chi connectivity index (χ1) is 13.2. The molecule has 3 aromatic rings. The highest BCUT2D eigenvalue weighted by Crippen LogP contribution is 2.26. The van der Waals surface area contributed by atoms with E-state index in [1.165, 1.54) is 0 Å². The van der Waals surface area contributed by atoms with Crippen LogP contribution in [-0.4, -0.2) is 54.2 Å². The van der Waals surface area contributed by atoms with E-state index >= 15 is 0 Å². The minimum absolute atomic E-state index is 0.466. The lowest BCUT2D eigenvalue weighted by atomic mass is 9.96. The fraction of sp³-hybridized carbons (Fsp3) is 0.444. The van der Waals surface area contributed by atoms with Crippen molar-refractivity contribution in [1.82, 2.24) is 34.0 Å². The number of piperidine rings is 1. The number of aryl methyl sites for hydroxylation is 1. The Bertz CT molecular complexity index is 968. The Labute approximate surface area is 163 Å².